The molecule has 0 amide bonds. The van der Waals surface area contributed by atoms with E-state index in [1.807, 2.05) is 0 Å². The fraction of sp³-hybridized carbons (Fsp3) is 0.769. The maximum absolute atomic E-state index is 11.8. The first-order chi connectivity index (χ1) is 7.96. The van der Waals surface area contributed by atoms with Crippen LogP contribution in [0.3, 0.4) is 0 Å². The zero-order valence-electron chi connectivity index (χ0n) is 10.8. The van der Waals surface area contributed by atoms with Crippen molar-refractivity contribution < 1.29 is 9.32 Å². The molecule has 0 spiro atoms. The third-order valence-electron chi connectivity index (χ3n) is 3.02. The lowest BCUT2D eigenvalue weighted by Gasteiger charge is -2.16. The van der Waals surface area contributed by atoms with Crippen LogP contribution in [-0.4, -0.2) is 15.9 Å². The normalized spacial score (nSPS) is 21.8. The van der Waals surface area contributed by atoms with Crippen LogP contribution in [0.25, 0.3) is 0 Å². The van der Waals surface area contributed by atoms with Crippen molar-refractivity contribution in [2.24, 2.45) is 5.41 Å². The molecular formula is C13H20N2O2. The lowest BCUT2D eigenvalue weighted by atomic mass is 9.88. The molecule has 1 aromatic rings. The summed E-state index contributed by atoms with van der Waals surface area (Å²) >= 11 is 0. The molecule has 0 saturated heterocycles. The minimum absolute atomic E-state index is 0.137. The molecule has 0 aliphatic heterocycles. The lowest BCUT2D eigenvalue weighted by Crippen LogP contribution is -2.17. The molecule has 0 N–H and O–H groups in total. The smallest absolute Gasteiger partial charge is 0.237 e. The topological polar surface area (TPSA) is 56.0 Å². The average molecular weight is 236 g/mol. The van der Waals surface area contributed by atoms with Crippen molar-refractivity contribution in [2.75, 3.05) is 0 Å². The SMILES string of the molecule is CC(C)(C)Cc1noc(C2CCCCC2=O)n1. The zero-order valence-corrected chi connectivity index (χ0v) is 10.8. The molecule has 1 aromatic heterocycles. The Labute approximate surface area is 102 Å². The molecule has 1 unspecified atom stereocenters. The van der Waals surface area contributed by atoms with E-state index >= 15 is 0 Å². The molecule has 1 heterocycles. The third-order valence-corrected chi connectivity index (χ3v) is 3.02. The molecule has 1 fully saturated rings. The van der Waals surface area contributed by atoms with E-state index in [4.69, 9.17) is 4.52 Å². The number of hydrogen-bond acceptors (Lipinski definition) is 4. The van der Waals surface area contributed by atoms with E-state index in [2.05, 4.69) is 30.9 Å². The molecule has 1 aliphatic rings. The second-order valence-electron chi connectivity index (χ2n) is 6.05. The number of carbonyl (C=O) groups is 1. The van der Waals surface area contributed by atoms with Crippen LogP contribution < -0.4 is 0 Å². The van der Waals surface area contributed by atoms with E-state index in [-0.39, 0.29) is 17.1 Å². The highest BCUT2D eigenvalue weighted by Crippen LogP contribution is 2.29. The number of aromatic nitrogens is 2. The Morgan fingerprint density at radius 1 is 1.35 bits per heavy atom. The molecule has 1 aliphatic carbocycles. The predicted molar refractivity (Wildman–Crippen MR) is 63.7 cm³/mol. The molecule has 0 radical (unpaired) electrons. The van der Waals surface area contributed by atoms with Crippen LogP contribution in [0.2, 0.25) is 0 Å². The highest BCUT2D eigenvalue weighted by Gasteiger charge is 2.29. The van der Waals surface area contributed by atoms with Gasteiger partial charge in [0.1, 0.15) is 5.78 Å². The predicted octanol–water partition coefficient (Wildman–Crippen LogP) is 2.88. The van der Waals surface area contributed by atoms with Gasteiger partial charge in [0, 0.05) is 12.8 Å². The van der Waals surface area contributed by atoms with Crippen LogP contribution in [0.15, 0.2) is 4.52 Å². The molecule has 0 aromatic carbocycles. The summed E-state index contributed by atoms with van der Waals surface area (Å²) in [6.07, 6.45) is 4.36. The van der Waals surface area contributed by atoms with Crippen LogP contribution in [0.5, 0.6) is 0 Å². The van der Waals surface area contributed by atoms with Gasteiger partial charge >= 0.3 is 0 Å². The van der Waals surface area contributed by atoms with E-state index in [1.165, 1.54) is 0 Å². The third kappa shape index (κ3) is 3.14. The van der Waals surface area contributed by atoms with Crippen molar-refractivity contribution in [3.8, 4) is 0 Å². The number of ketones is 1. The summed E-state index contributed by atoms with van der Waals surface area (Å²) < 4.78 is 5.24. The Kier molecular flexibility index (Phi) is 3.31. The van der Waals surface area contributed by atoms with Gasteiger partial charge in [0.25, 0.3) is 0 Å². The summed E-state index contributed by atoms with van der Waals surface area (Å²) in [4.78, 5) is 16.1. The van der Waals surface area contributed by atoms with E-state index in [9.17, 15) is 4.79 Å². The maximum Gasteiger partial charge on any atom is 0.237 e. The molecule has 4 heteroatoms. The molecule has 1 atom stereocenters. The van der Waals surface area contributed by atoms with E-state index in [1.54, 1.807) is 0 Å². The number of nitrogens with zero attached hydrogens (tertiary/aromatic N) is 2. The summed E-state index contributed by atoms with van der Waals surface area (Å²) in [5.41, 5.74) is 0.137. The molecular weight excluding hydrogens is 216 g/mol. The highest BCUT2D eigenvalue weighted by molar-refractivity contribution is 5.85. The van der Waals surface area contributed by atoms with E-state index in [0.29, 0.717) is 18.1 Å². The average Bonchev–Trinajstić information content (AvgIpc) is 2.64. The van der Waals surface area contributed by atoms with Gasteiger partial charge in [-0.1, -0.05) is 32.3 Å². The number of hydrogen-bond donors (Lipinski definition) is 0. The van der Waals surface area contributed by atoms with Gasteiger partial charge in [0.05, 0.1) is 5.92 Å². The van der Waals surface area contributed by atoms with Crippen molar-refractivity contribution in [2.45, 2.75) is 58.8 Å². The Hall–Kier alpha value is -1.19. The second-order valence-corrected chi connectivity index (χ2v) is 6.05. The van der Waals surface area contributed by atoms with E-state index < -0.39 is 0 Å². The fourth-order valence-electron chi connectivity index (χ4n) is 2.20. The van der Waals surface area contributed by atoms with Crippen molar-refractivity contribution in [1.29, 1.82) is 0 Å². The van der Waals surface area contributed by atoms with Gasteiger partial charge < -0.3 is 4.52 Å². The molecule has 2 rings (SSSR count). The summed E-state index contributed by atoms with van der Waals surface area (Å²) in [7, 11) is 0. The molecule has 1 saturated carbocycles. The largest absolute Gasteiger partial charge is 0.339 e. The standard InChI is InChI=1S/C13H20N2O2/c1-13(2,3)8-11-14-12(17-15-11)9-6-4-5-7-10(9)16/h9H,4-8H2,1-3H3. The number of Topliss-reactive ketones (excluding diaryl/α,β-unsaturated/α-hetero) is 1. The monoisotopic (exact) mass is 236 g/mol. The number of rotatable bonds is 2. The van der Waals surface area contributed by atoms with Gasteiger partial charge in [-0.25, -0.2) is 0 Å². The van der Waals surface area contributed by atoms with Crippen molar-refractivity contribution in [3.05, 3.63) is 11.7 Å². The summed E-state index contributed by atoms with van der Waals surface area (Å²) in [6, 6.07) is 0. The van der Waals surface area contributed by atoms with Crippen LogP contribution in [0.4, 0.5) is 0 Å². The van der Waals surface area contributed by atoms with Crippen LogP contribution in [0.1, 0.15) is 64.1 Å². The number of carbonyl (C=O) groups excluding carboxylic acids is 1. The highest BCUT2D eigenvalue weighted by atomic mass is 16.5. The van der Waals surface area contributed by atoms with Gasteiger partial charge in [0.15, 0.2) is 5.82 Å². The zero-order chi connectivity index (χ0) is 12.5. The molecule has 17 heavy (non-hydrogen) atoms. The van der Waals surface area contributed by atoms with Gasteiger partial charge in [0.2, 0.25) is 5.89 Å². The van der Waals surface area contributed by atoms with E-state index in [0.717, 1.165) is 25.7 Å². The first-order valence-corrected chi connectivity index (χ1v) is 6.31. The Morgan fingerprint density at radius 2 is 2.12 bits per heavy atom. The molecule has 94 valence electrons. The first-order valence-electron chi connectivity index (χ1n) is 6.31. The van der Waals surface area contributed by atoms with Gasteiger partial charge in [-0.3, -0.25) is 4.79 Å². The van der Waals surface area contributed by atoms with Gasteiger partial charge in [-0.15, -0.1) is 0 Å². The fourth-order valence-corrected chi connectivity index (χ4v) is 2.20. The van der Waals surface area contributed by atoms with Crippen LogP contribution >= 0.6 is 0 Å². The molecule has 0 bridgehead atoms. The van der Waals surface area contributed by atoms with Crippen molar-refractivity contribution in [1.82, 2.24) is 10.1 Å². The van der Waals surface area contributed by atoms with Crippen LogP contribution in [-0.2, 0) is 11.2 Å². The summed E-state index contributed by atoms with van der Waals surface area (Å²) in [6.45, 7) is 6.40. The minimum Gasteiger partial charge on any atom is -0.339 e. The first kappa shape index (κ1) is 12.3. The van der Waals surface area contributed by atoms with Gasteiger partial charge in [-0.2, -0.15) is 4.98 Å². The molecule has 4 nitrogen and oxygen atoms in total. The van der Waals surface area contributed by atoms with Crippen molar-refractivity contribution >= 4 is 5.78 Å². The summed E-state index contributed by atoms with van der Waals surface area (Å²) in [5, 5.41) is 3.97. The Bertz CT molecular complexity index is 404. The Balaban J connectivity index is 2.09. The summed E-state index contributed by atoms with van der Waals surface area (Å²) in [5.74, 6) is 1.34. The van der Waals surface area contributed by atoms with Crippen LogP contribution in [0, 0.1) is 5.41 Å². The minimum atomic E-state index is -0.148. The van der Waals surface area contributed by atoms with Crippen molar-refractivity contribution in [3.63, 3.8) is 0 Å². The quantitative estimate of drug-likeness (QED) is 0.792. The lowest BCUT2D eigenvalue weighted by molar-refractivity contribution is -0.122. The Morgan fingerprint density at radius 3 is 2.76 bits per heavy atom. The second kappa shape index (κ2) is 4.59. The maximum atomic E-state index is 11.8. The van der Waals surface area contributed by atoms with Gasteiger partial charge in [-0.05, 0) is 18.3 Å².